The average molecular weight is 512 g/mol. The second-order valence-corrected chi connectivity index (χ2v) is 8.67. The monoisotopic (exact) mass is 511 g/mol. The molecule has 0 radical (unpaired) electrons. The molecule has 0 spiro atoms. The zero-order valence-corrected chi connectivity index (χ0v) is 20.4. The number of nitrogens with one attached hydrogen (secondary N) is 1. The number of ether oxygens (including phenoxy) is 3. The molecule has 188 valence electrons. The normalized spacial score (nSPS) is 14.8. The Hall–Kier alpha value is -3.96. The van der Waals surface area contributed by atoms with Gasteiger partial charge in [-0.25, -0.2) is 0 Å². The van der Waals surface area contributed by atoms with Gasteiger partial charge < -0.3 is 24.1 Å². The van der Waals surface area contributed by atoms with Crippen molar-refractivity contribution in [1.29, 1.82) is 0 Å². The van der Waals surface area contributed by atoms with Gasteiger partial charge in [0.15, 0.2) is 17.8 Å². The van der Waals surface area contributed by atoms with Crippen molar-refractivity contribution in [2.24, 2.45) is 4.36 Å². The molecule has 0 saturated carbocycles. The number of hydrogen-bond donors (Lipinski definition) is 1. The minimum atomic E-state index is -2.90. The molecule has 3 aromatic rings. The number of nitrogens with zero attached hydrogens (tertiary/aromatic N) is 2. The highest BCUT2D eigenvalue weighted by molar-refractivity contribution is 7.62. The summed E-state index contributed by atoms with van der Waals surface area (Å²) < 4.78 is 42.3. The average Bonchev–Trinajstić information content (AvgIpc) is 3.38. The van der Waals surface area contributed by atoms with Crippen molar-refractivity contribution in [3.05, 3.63) is 87.8 Å². The summed E-state index contributed by atoms with van der Waals surface area (Å²) in [6.45, 7) is 1.05. The van der Waals surface area contributed by atoms with Crippen molar-refractivity contribution in [3.63, 3.8) is 0 Å². The molecular formula is C25H25N3O7S. The predicted molar refractivity (Wildman–Crippen MR) is 132 cm³/mol. The maximum Gasteiger partial charge on any atom is 0.319 e. The molecule has 1 N–H and O–H groups in total. The molecule has 1 saturated heterocycles. The topological polar surface area (TPSA) is 127 Å². The van der Waals surface area contributed by atoms with Crippen molar-refractivity contribution in [2.75, 3.05) is 18.6 Å². The van der Waals surface area contributed by atoms with Gasteiger partial charge in [-0.05, 0) is 42.3 Å². The standard InChI is InChI=1S/C25H25N3O7S/c1-33-21-11-10-17(14-22(21)35-23-9-5-13-34-23)15-28(16-18-6-4-12-26-24(18)29)20-8-3-2-7-19(20)25(30)27-36(31)32/h2-4,6-8,10-12,14,23H,5,9,13,15-16H2,1H3,(H,26,29)/t23-/m1/s1. The number of H-pyrrole nitrogens is 1. The first-order valence-corrected chi connectivity index (χ1v) is 12.3. The van der Waals surface area contributed by atoms with Crippen molar-refractivity contribution in [2.45, 2.75) is 32.2 Å². The molecular weight excluding hydrogens is 486 g/mol. The van der Waals surface area contributed by atoms with Crippen LogP contribution >= 0.6 is 0 Å². The van der Waals surface area contributed by atoms with E-state index in [1.165, 1.54) is 12.3 Å². The molecule has 11 heteroatoms. The highest BCUT2D eigenvalue weighted by Crippen LogP contribution is 2.32. The van der Waals surface area contributed by atoms with E-state index < -0.39 is 16.4 Å². The number of pyridine rings is 1. The first-order valence-electron chi connectivity index (χ1n) is 11.3. The highest BCUT2D eigenvalue weighted by Gasteiger charge is 2.21. The van der Waals surface area contributed by atoms with Crippen LogP contribution in [-0.4, -0.2) is 39.3 Å². The van der Waals surface area contributed by atoms with Gasteiger partial charge in [0.05, 0.1) is 25.0 Å². The first-order chi connectivity index (χ1) is 17.4. The zero-order valence-electron chi connectivity index (χ0n) is 19.5. The molecule has 10 nitrogen and oxygen atoms in total. The van der Waals surface area contributed by atoms with Gasteiger partial charge in [-0.1, -0.05) is 28.6 Å². The molecule has 1 atom stereocenters. The van der Waals surface area contributed by atoms with Crippen LogP contribution in [0.25, 0.3) is 0 Å². The Morgan fingerprint density at radius 2 is 1.97 bits per heavy atom. The Kier molecular flexibility index (Phi) is 8.13. The second kappa shape index (κ2) is 11.6. The molecule has 1 aliphatic rings. The molecule has 4 rings (SSSR count). The quantitative estimate of drug-likeness (QED) is 0.464. The SMILES string of the molecule is COc1ccc(CN(Cc2ccc[nH]c2=O)c2ccccc2C(=O)N=S(=O)=O)cc1O[C@@H]1CCCO1. The summed E-state index contributed by atoms with van der Waals surface area (Å²) in [5.41, 5.74) is 1.53. The fourth-order valence-corrected chi connectivity index (χ4v) is 4.21. The summed E-state index contributed by atoms with van der Waals surface area (Å²) in [6.07, 6.45) is 2.86. The number of aromatic amines is 1. The molecule has 36 heavy (non-hydrogen) atoms. The van der Waals surface area contributed by atoms with Crippen LogP contribution in [0.2, 0.25) is 0 Å². The molecule has 0 bridgehead atoms. The molecule has 2 aromatic carbocycles. The number of aromatic nitrogens is 1. The lowest BCUT2D eigenvalue weighted by Crippen LogP contribution is -2.27. The van der Waals surface area contributed by atoms with Crippen LogP contribution in [0.5, 0.6) is 11.5 Å². The molecule has 1 aliphatic heterocycles. The lowest BCUT2D eigenvalue weighted by atomic mass is 10.1. The van der Waals surface area contributed by atoms with Crippen molar-refractivity contribution in [1.82, 2.24) is 4.98 Å². The van der Waals surface area contributed by atoms with Crippen LogP contribution in [0.1, 0.15) is 34.3 Å². The van der Waals surface area contributed by atoms with Crippen molar-refractivity contribution >= 4 is 22.1 Å². The van der Waals surface area contributed by atoms with E-state index in [1.54, 1.807) is 48.4 Å². The van der Waals surface area contributed by atoms with Gasteiger partial charge in [-0.3, -0.25) is 9.59 Å². The lowest BCUT2D eigenvalue weighted by molar-refractivity contribution is -0.0403. The van der Waals surface area contributed by atoms with E-state index in [-0.39, 0.29) is 30.5 Å². The summed E-state index contributed by atoms with van der Waals surface area (Å²) in [5.74, 6) is 0.163. The van der Waals surface area contributed by atoms with Crippen molar-refractivity contribution < 1.29 is 27.4 Å². The fraction of sp³-hybridized carbons (Fsp3) is 0.280. The maximum atomic E-state index is 12.6. The van der Waals surface area contributed by atoms with Gasteiger partial charge >= 0.3 is 10.5 Å². The summed E-state index contributed by atoms with van der Waals surface area (Å²) in [6, 6.07) is 15.4. The number of carbonyl (C=O) groups is 1. The van der Waals surface area contributed by atoms with E-state index >= 15 is 0 Å². The second-order valence-electron chi connectivity index (χ2n) is 8.06. The zero-order chi connectivity index (χ0) is 25.5. The minimum absolute atomic E-state index is 0.0957. The van der Waals surface area contributed by atoms with Crippen LogP contribution in [0.15, 0.2) is 70.0 Å². The Labute approximate surface area is 209 Å². The van der Waals surface area contributed by atoms with Gasteiger partial charge in [-0.2, -0.15) is 8.42 Å². The van der Waals surface area contributed by atoms with Crippen LogP contribution in [0.3, 0.4) is 0 Å². The Morgan fingerprint density at radius 1 is 1.14 bits per heavy atom. The molecule has 0 unspecified atom stereocenters. The van der Waals surface area contributed by atoms with E-state index in [0.717, 1.165) is 18.4 Å². The molecule has 0 aliphatic carbocycles. The maximum absolute atomic E-state index is 12.6. The van der Waals surface area contributed by atoms with Gasteiger partial charge in [0.1, 0.15) is 0 Å². The summed E-state index contributed by atoms with van der Waals surface area (Å²) in [7, 11) is -1.34. The third-order valence-corrected chi connectivity index (χ3v) is 5.96. The van der Waals surface area contributed by atoms with Crippen LogP contribution in [-0.2, 0) is 28.3 Å². The van der Waals surface area contributed by atoms with Gasteiger partial charge in [0.25, 0.3) is 11.5 Å². The number of methoxy groups -OCH3 is 1. The largest absolute Gasteiger partial charge is 0.493 e. The number of rotatable bonds is 9. The number of anilines is 1. The van der Waals surface area contributed by atoms with Crippen LogP contribution in [0.4, 0.5) is 5.69 Å². The lowest BCUT2D eigenvalue weighted by Gasteiger charge is -2.27. The Balaban J connectivity index is 1.73. The number of carbonyl (C=O) groups excluding carboxylic acids is 1. The fourth-order valence-electron chi connectivity index (χ4n) is 3.97. The predicted octanol–water partition coefficient (Wildman–Crippen LogP) is 3.31. The first kappa shape index (κ1) is 25.1. The molecule has 1 fully saturated rings. The molecule has 2 heterocycles. The van der Waals surface area contributed by atoms with Crippen LogP contribution in [0, 0.1) is 0 Å². The van der Waals surface area contributed by atoms with E-state index in [1.807, 2.05) is 12.1 Å². The number of hydrogen-bond acceptors (Lipinski definition) is 8. The number of para-hydroxylation sites is 1. The van der Waals surface area contributed by atoms with Gasteiger partial charge in [0, 0.05) is 31.3 Å². The van der Waals surface area contributed by atoms with E-state index in [0.29, 0.717) is 29.4 Å². The molecule has 1 aromatic heterocycles. The Morgan fingerprint density at radius 3 is 2.69 bits per heavy atom. The number of benzene rings is 2. The van der Waals surface area contributed by atoms with Crippen molar-refractivity contribution in [3.8, 4) is 11.5 Å². The number of amides is 1. The summed E-state index contributed by atoms with van der Waals surface area (Å²) in [4.78, 5) is 29.5. The van der Waals surface area contributed by atoms with Gasteiger partial charge in [-0.15, -0.1) is 0 Å². The highest BCUT2D eigenvalue weighted by atomic mass is 32.2. The summed E-state index contributed by atoms with van der Waals surface area (Å²) >= 11 is 0. The molecule has 1 amide bonds. The third kappa shape index (κ3) is 6.18. The van der Waals surface area contributed by atoms with E-state index in [2.05, 4.69) is 9.35 Å². The third-order valence-electron chi connectivity index (χ3n) is 5.64. The van der Waals surface area contributed by atoms with Gasteiger partial charge in [0.2, 0.25) is 0 Å². The Bertz CT molecular complexity index is 1420. The summed E-state index contributed by atoms with van der Waals surface area (Å²) in [5, 5.41) is 0. The van der Waals surface area contributed by atoms with E-state index in [9.17, 15) is 18.0 Å². The smallest absolute Gasteiger partial charge is 0.319 e. The van der Waals surface area contributed by atoms with Crippen LogP contribution < -0.4 is 19.9 Å². The van der Waals surface area contributed by atoms with E-state index in [4.69, 9.17) is 14.2 Å². The minimum Gasteiger partial charge on any atom is -0.493 e.